The minimum atomic E-state index is -5.08. The third-order valence-electron chi connectivity index (χ3n) is 3.80. The molecule has 0 aliphatic heterocycles. The number of carboxylic acids is 1. The van der Waals surface area contributed by atoms with Gasteiger partial charge < -0.3 is 16.2 Å². The number of benzene rings is 1. The zero-order valence-corrected chi connectivity index (χ0v) is 19.1. The van der Waals surface area contributed by atoms with Crippen molar-refractivity contribution in [3.63, 3.8) is 0 Å². The third-order valence-corrected chi connectivity index (χ3v) is 5.71. The zero-order chi connectivity index (χ0) is 23.3. The average Bonchev–Trinajstić information content (AvgIpc) is 3.03. The fourth-order valence-corrected chi connectivity index (χ4v) is 3.82. The van der Waals surface area contributed by atoms with Crippen molar-refractivity contribution < 1.29 is 23.1 Å². The van der Waals surface area contributed by atoms with E-state index in [9.17, 15) is 13.2 Å². The molecule has 1 aromatic carbocycles. The fourth-order valence-electron chi connectivity index (χ4n) is 2.48. The van der Waals surface area contributed by atoms with Crippen molar-refractivity contribution in [1.29, 1.82) is 0 Å². The zero-order valence-electron chi connectivity index (χ0n) is 16.7. The van der Waals surface area contributed by atoms with E-state index in [0.29, 0.717) is 0 Å². The van der Waals surface area contributed by atoms with Crippen LogP contribution in [0.3, 0.4) is 0 Å². The van der Waals surface area contributed by atoms with Crippen LogP contribution in [0.2, 0.25) is 0 Å². The van der Waals surface area contributed by atoms with E-state index in [2.05, 4.69) is 50.3 Å². The predicted molar refractivity (Wildman–Crippen MR) is 117 cm³/mol. The second kappa shape index (κ2) is 10.1. The number of carbonyl (C=O) groups is 1. The number of hydrogen-bond donors (Lipinski definition) is 3. The van der Waals surface area contributed by atoms with Crippen LogP contribution >= 0.6 is 27.3 Å². The molecule has 2 aromatic heterocycles. The molecule has 166 valence electrons. The number of nitrogens with zero attached hydrogens (tertiary/aromatic N) is 3. The van der Waals surface area contributed by atoms with Gasteiger partial charge in [0.05, 0.1) is 11.7 Å². The monoisotopic (exact) mass is 517 g/mol. The first-order valence-corrected chi connectivity index (χ1v) is 10.4. The van der Waals surface area contributed by atoms with Crippen LogP contribution in [-0.2, 0) is 4.79 Å². The molecule has 0 fully saturated rings. The number of thiazole rings is 1. The lowest BCUT2D eigenvalue weighted by atomic mass is 10.2. The predicted octanol–water partition coefficient (Wildman–Crippen LogP) is 5.37. The summed E-state index contributed by atoms with van der Waals surface area (Å²) in [4.78, 5) is 23.1. The Balaban J connectivity index is 0.000000423. The van der Waals surface area contributed by atoms with Crippen LogP contribution in [0.1, 0.15) is 29.2 Å². The molecular formula is C19H19BrF3N5O2S. The van der Waals surface area contributed by atoms with Crippen LogP contribution in [0, 0.1) is 13.8 Å². The molecule has 0 bridgehead atoms. The summed E-state index contributed by atoms with van der Waals surface area (Å²) in [6.45, 7) is 6.03. The number of aryl methyl sites for hydroxylation is 2. The summed E-state index contributed by atoms with van der Waals surface area (Å²) < 4.78 is 32.8. The van der Waals surface area contributed by atoms with Gasteiger partial charge in [-0.2, -0.15) is 18.2 Å². The van der Waals surface area contributed by atoms with E-state index in [1.807, 2.05) is 32.0 Å². The van der Waals surface area contributed by atoms with Gasteiger partial charge in [-0.05, 0) is 32.9 Å². The van der Waals surface area contributed by atoms with Gasteiger partial charge in [0.2, 0.25) is 5.95 Å². The highest BCUT2D eigenvalue weighted by Gasteiger charge is 2.38. The molecule has 12 heteroatoms. The molecule has 0 radical (unpaired) electrons. The van der Waals surface area contributed by atoms with Gasteiger partial charge in [-0.25, -0.2) is 14.8 Å². The summed E-state index contributed by atoms with van der Waals surface area (Å²) in [6.07, 6.45) is -5.08. The second-order valence-electron chi connectivity index (χ2n) is 6.40. The lowest BCUT2D eigenvalue weighted by Gasteiger charge is -2.14. The van der Waals surface area contributed by atoms with E-state index in [0.717, 1.165) is 32.2 Å². The Hall–Kier alpha value is -2.73. The van der Waals surface area contributed by atoms with E-state index in [4.69, 9.17) is 20.6 Å². The number of aromatic nitrogens is 3. The Kier molecular flexibility index (Phi) is 7.96. The molecule has 3 rings (SSSR count). The number of aliphatic carboxylic acids is 1. The van der Waals surface area contributed by atoms with E-state index >= 15 is 0 Å². The van der Waals surface area contributed by atoms with Crippen LogP contribution in [0.5, 0.6) is 0 Å². The van der Waals surface area contributed by atoms with E-state index in [1.165, 1.54) is 4.88 Å². The molecule has 1 unspecified atom stereocenters. The number of nitrogens with one attached hydrogen (secondary N) is 1. The minimum absolute atomic E-state index is 0.0837. The first-order chi connectivity index (χ1) is 14.4. The van der Waals surface area contributed by atoms with Gasteiger partial charge in [-0.3, -0.25) is 0 Å². The van der Waals surface area contributed by atoms with Crippen molar-refractivity contribution in [2.45, 2.75) is 33.0 Å². The Morgan fingerprint density at radius 2 is 1.77 bits per heavy atom. The largest absolute Gasteiger partial charge is 0.490 e. The topological polar surface area (TPSA) is 114 Å². The number of anilines is 2. The second-order valence-corrected chi connectivity index (χ2v) is 8.34. The number of nitrogen functional groups attached to an aromatic ring is 1. The Morgan fingerprint density at radius 1 is 1.19 bits per heavy atom. The molecule has 1 atom stereocenters. The molecule has 0 spiro atoms. The van der Waals surface area contributed by atoms with E-state index < -0.39 is 12.1 Å². The Morgan fingerprint density at radius 3 is 2.29 bits per heavy atom. The van der Waals surface area contributed by atoms with Gasteiger partial charge in [0, 0.05) is 26.7 Å². The maximum absolute atomic E-state index is 10.6. The average molecular weight is 518 g/mol. The van der Waals surface area contributed by atoms with Gasteiger partial charge >= 0.3 is 12.1 Å². The normalized spacial score (nSPS) is 12.0. The first-order valence-electron chi connectivity index (χ1n) is 8.78. The first kappa shape index (κ1) is 24.5. The molecule has 0 aliphatic carbocycles. The summed E-state index contributed by atoms with van der Waals surface area (Å²) in [5.74, 6) is -1.75. The van der Waals surface area contributed by atoms with Crippen LogP contribution < -0.4 is 11.1 Å². The summed E-state index contributed by atoms with van der Waals surface area (Å²) in [6, 6.07) is 10.2. The highest BCUT2D eigenvalue weighted by atomic mass is 79.9. The van der Waals surface area contributed by atoms with E-state index in [-0.39, 0.29) is 12.0 Å². The molecule has 31 heavy (non-hydrogen) atoms. The number of carboxylic acid groups (broad SMARTS) is 1. The smallest absolute Gasteiger partial charge is 0.475 e. The van der Waals surface area contributed by atoms with Crippen LogP contribution in [0.15, 0.2) is 34.8 Å². The number of hydrogen-bond acceptors (Lipinski definition) is 7. The highest BCUT2D eigenvalue weighted by molar-refractivity contribution is 9.10. The van der Waals surface area contributed by atoms with Gasteiger partial charge in [0.25, 0.3) is 0 Å². The molecule has 0 saturated carbocycles. The standard InChI is InChI=1S/C17H18BrN5S.C2HF3O2/c1-9-8-14(23-17(19)20-9)21-10(2)15-11(3)22-16(24-15)12-4-6-13(18)7-5-12;3-2(4,5)1(6)7/h4-8,10H,1-3H3,(H3,19,20,21,23);(H,6,7). The highest BCUT2D eigenvalue weighted by Crippen LogP contribution is 2.33. The van der Waals surface area contributed by atoms with Crippen molar-refractivity contribution in [2.75, 3.05) is 11.1 Å². The van der Waals surface area contributed by atoms with Gasteiger partial charge in [-0.1, -0.05) is 28.1 Å². The molecule has 0 aliphatic rings. The minimum Gasteiger partial charge on any atom is -0.475 e. The fraction of sp³-hybridized carbons (Fsp3) is 0.263. The number of nitrogens with two attached hydrogens (primary N) is 1. The lowest BCUT2D eigenvalue weighted by molar-refractivity contribution is -0.192. The van der Waals surface area contributed by atoms with Crippen LogP contribution in [0.25, 0.3) is 10.6 Å². The maximum Gasteiger partial charge on any atom is 0.490 e. The summed E-state index contributed by atoms with van der Waals surface area (Å²) in [7, 11) is 0. The molecule has 0 amide bonds. The molecule has 3 aromatic rings. The molecule has 4 N–H and O–H groups in total. The SMILES string of the molecule is Cc1cc(NC(C)c2sc(-c3ccc(Br)cc3)nc2C)nc(N)n1.O=C(O)C(F)(F)F. The molecule has 7 nitrogen and oxygen atoms in total. The van der Waals surface area contributed by atoms with Gasteiger partial charge in [0.1, 0.15) is 10.8 Å². The lowest BCUT2D eigenvalue weighted by Crippen LogP contribution is -2.21. The van der Waals surface area contributed by atoms with Crippen LogP contribution in [0.4, 0.5) is 24.9 Å². The van der Waals surface area contributed by atoms with Crippen molar-refractivity contribution >= 4 is 45.0 Å². The van der Waals surface area contributed by atoms with Gasteiger partial charge in [0.15, 0.2) is 0 Å². The number of halogens is 4. The molecular weight excluding hydrogens is 499 g/mol. The summed E-state index contributed by atoms with van der Waals surface area (Å²) >= 11 is 5.15. The van der Waals surface area contributed by atoms with Crippen LogP contribution in [-0.4, -0.2) is 32.2 Å². The van der Waals surface area contributed by atoms with Crippen molar-refractivity contribution in [3.05, 3.63) is 51.1 Å². The molecule has 2 heterocycles. The van der Waals surface area contributed by atoms with Gasteiger partial charge in [-0.15, -0.1) is 11.3 Å². The maximum atomic E-state index is 10.6. The summed E-state index contributed by atoms with van der Waals surface area (Å²) in [5, 5.41) is 11.5. The molecule has 0 saturated heterocycles. The number of alkyl halides is 3. The number of rotatable bonds is 4. The van der Waals surface area contributed by atoms with E-state index in [1.54, 1.807) is 11.3 Å². The van der Waals surface area contributed by atoms with Crippen molar-refractivity contribution in [2.24, 2.45) is 0 Å². The third kappa shape index (κ3) is 7.17. The Labute approximate surface area is 188 Å². The summed E-state index contributed by atoms with van der Waals surface area (Å²) in [5.41, 5.74) is 8.70. The van der Waals surface area contributed by atoms with Crippen molar-refractivity contribution in [1.82, 2.24) is 15.0 Å². The van der Waals surface area contributed by atoms with Crippen molar-refractivity contribution in [3.8, 4) is 10.6 Å². The Bertz CT molecular complexity index is 1040. The quantitative estimate of drug-likeness (QED) is 0.426.